The van der Waals surface area contributed by atoms with Gasteiger partial charge in [-0.25, -0.2) is 0 Å². The highest BCUT2D eigenvalue weighted by Gasteiger charge is 2.06. The van der Waals surface area contributed by atoms with E-state index in [-0.39, 0.29) is 5.91 Å². The largest absolute Gasteiger partial charge is 0.322 e. The van der Waals surface area contributed by atoms with Crippen molar-refractivity contribution >= 4 is 34.2 Å². The first-order valence-electron chi connectivity index (χ1n) is 5.70. The van der Waals surface area contributed by atoms with Crippen molar-refractivity contribution in [1.82, 2.24) is 0 Å². The van der Waals surface area contributed by atoms with E-state index in [1.807, 2.05) is 56.3 Å². The lowest BCUT2D eigenvalue weighted by Crippen LogP contribution is -2.12. The summed E-state index contributed by atoms with van der Waals surface area (Å²) >= 11 is 2.27. The minimum Gasteiger partial charge on any atom is -0.322 e. The van der Waals surface area contributed by atoms with Crippen LogP contribution in [0, 0.1) is 17.4 Å². The van der Waals surface area contributed by atoms with Gasteiger partial charge in [0.05, 0.1) is 0 Å². The third-order valence-corrected chi connectivity index (χ3v) is 3.87. The van der Waals surface area contributed by atoms with E-state index in [0.717, 1.165) is 14.8 Å². The minimum atomic E-state index is -0.0710. The Morgan fingerprint density at radius 3 is 2.56 bits per heavy atom. The van der Waals surface area contributed by atoms with Crippen LogP contribution in [-0.4, -0.2) is 5.91 Å². The Labute approximate surface area is 121 Å². The van der Waals surface area contributed by atoms with Crippen molar-refractivity contribution < 1.29 is 4.79 Å². The fraction of sp³-hybridized carbons (Fsp3) is 0.133. The van der Waals surface area contributed by atoms with Crippen LogP contribution >= 0.6 is 22.6 Å². The van der Waals surface area contributed by atoms with Crippen molar-refractivity contribution in [3.8, 4) is 0 Å². The zero-order valence-electron chi connectivity index (χ0n) is 10.3. The van der Waals surface area contributed by atoms with E-state index in [1.54, 1.807) is 0 Å². The van der Waals surface area contributed by atoms with Crippen LogP contribution in [0.2, 0.25) is 0 Å². The Kier molecular flexibility index (Phi) is 4.01. The Bertz CT molecular complexity index is 593. The maximum atomic E-state index is 12.0. The fourth-order valence-corrected chi connectivity index (χ4v) is 2.18. The third-order valence-electron chi connectivity index (χ3n) is 2.71. The lowest BCUT2D eigenvalue weighted by atomic mass is 10.1. The van der Waals surface area contributed by atoms with Crippen LogP contribution in [0.25, 0.3) is 0 Å². The van der Waals surface area contributed by atoms with Crippen LogP contribution in [0.1, 0.15) is 21.5 Å². The van der Waals surface area contributed by atoms with Crippen LogP contribution in [0.5, 0.6) is 0 Å². The predicted octanol–water partition coefficient (Wildman–Crippen LogP) is 4.16. The highest BCUT2D eigenvalue weighted by molar-refractivity contribution is 14.1. The number of rotatable bonds is 2. The summed E-state index contributed by atoms with van der Waals surface area (Å²) in [6.45, 7) is 4.03. The summed E-state index contributed by atoms with van der Waals surface area (Å²) in [6.07, 6.45) is 0. The van der Waals surface area contributed by atoms with Crippen molar-refractivity contribution in [2.75, 3.05) is 5.32 Å². The second-order valence-electron chi connectivity index (χ2n) is 4.29. The molecule has 2 aromatic rings. The molecule has 0 heterocycles. The molecular weight excluding hydrogens is 337 g/mol. The highest BCUT2D eigenvalue weighted by Crippen LogP contribution is 2.18. The van der Waals surface area contributed by atoms with Crippen LogP contribution in [0.3, 0.4) is 0 Å². The molecule has 2 rings (SSSR count). The van der Waals surface area contributed by atoms with E-state index in [2.05, 4.69) is 27.9 Å². The summed E-state index contributed by atoms with van der Waals surface area (Å²) in [5.74, 6) is -0.0710. The average molecular weight is 351 g/mol. The topological polar surface area (TPSA) is 29.1 Å². The van der Waals surface area contributed by atoms with Gasteiger partial charge in [-0.1, -0.05) is 23.8 Å². The number of anilines is 1. The van der Waals surface area contributed by atoms with Gasteiger partial charge in [0, 0.05) is 14.8 Å². The molecule has 0 bridgehead atoms. The van der Waals surface area contributed by atoms with E-state index in [4.69, 9.17) is 0 Å². The molecule has 1 amide bonds. The van der Waals surface area contributed by atoms with Crippen LogP contribution in [0.4, 0.5) is 5.69 Å². The average Bonchev–Trinajstić information content (AvgIpc) is 2.34. The lowest BCUT2D eigenvalue weighted by molar-refractivity contribution is 0.102. The molecular formula is C15H14INO. The van der Waals surface area contributed by atoms with Gasteiger partial charge in [-0.05, 0) is 66.3 Å². The Balaban J connectivity index is 2.18. The lowest BCUT2D eigenvalue weighted by Gasteiger charge is -2.07. The maximum Gasteiger partial charge on any atom is 0.255 e. The van der Waals surface area contributed by atoms with Crippen molar-refractivity contribution in [2.24, 2.45) is 0 Å². The summed E-state index contributed by atoms with van der Waals surface area (Å²) in [6, 6.07) is 13.5. The van der Waals surface area contributed by atoms with Gasteiger partial charge in [-0.2, -0.15) is 0 Å². The van der Waals surface area contributed by atoms with Gasteiger partial charge in [0.2, 0.25) is 0 Å². The number of carbonyl (C=O) groups excluding carboxylic acids is 1. The molecule has 18 heavy (non-hydrogen) atoms. The number of aryl methyl sites for hydroxylation is 2. The highest BCUT2D eigenvalue weighted by atomic mass is 127. The summed E-state index contributed by atoms with van der Waals surface area (Å²) in [4.78, 5) is 12.0. The summed E-state index contributed by atoms with van der Waals surface area (Å²) < 4.78 is 1.15. The van der Waals surface area contributed by atoms with Crippen molar-refractivity contribution in [1.29, 1.82) is 0 Å². The number of hydrogen-bond acceptors (Lipinski definition) is 1. The monoisotopic (exact) mass is 351 g/mol. The van der Waals surface area contributed by atoms with Crippen molar-refractivity contribution in [3.63, 3.8) is 0 Å². The van der Waals surface area contributed by atoms with Gasteiger partial charge < -0.3 is 5.32 Å². The summed E-state index contributed by atoms with van der Waals surface area (Å²) in [7, 11) is 0. The smallest absolute Gasteiger partial charge is 0.255 e. The van der Waals surface area contributed by atoms with Gasteiger partial charge in [-0.15, -0.1) is 0 Å². The number of carbonyl (C=O) groups is 1. The SMILES string of the molecule is Cc1cccc(C(=O)Nc2ccc(C)c(I)c2)c1. The zero-order chi connectivity index (χ0) is 13.1. The van der Waals surface area contributed by atoms with Crippen LogP contribution in [0.15, 0.2) is 42.5 Å². The molecule has 0 saturated heterocycles. The molecule has 92 valence electrons. The number of nitrogens with one attached hydrogen (secondary N) is 1. The first-order chi connectivity index (χ1) is 8.56. The van der Waals surface area contributed by atoms with Gasteiger partial charge in [0.15, 0.2) is 0 Å². The molecule has 0 radical (unpaired) electrons. The third kappa shape index (κ3) is 3.10. The van der Waals surface area contributed by atoms with Gasteiger partial charge in [-0.3, -0.25) is 4.79 Å². The molecule has 0 unspecified atom stereocenters. The Hall–Kier alpha value is -1.36. The number of hydrogen-bond donors (Lipinski definition) is 1. The molecule has 1 N–H and O–H groups in total. The van der Waals surface area contributed by atoms with Crippen LogP contribution < -0.4 is 5.32 Å². The van der Waals surface area contributed by atoms with E-state index in [9.17, 15) is 4.79 Å². The molecule has 0 fully saturated rings. The number of benzene rings is 2. The first kappa shape index (κ1) is 13.1. The fourth-order valence-electron chi connectivity index (χ4n) is 1.66. The van der Waals surface area contributed by atoms with E-state index in [1.165, 1.54) is 5.56 Å². The molecule has 0 aromatic heterocycles. The summed E-state index contributed by atoms with van der Waals surface area (Å²) in [5, 5.41) is 2.91. The Morgan fingerprint density at radius 2 is 1.89 bits per heavy atom. The molecule has 0 saturated carbocycles. The predicted molar refractivity (Wildman–Crippen MR) is 83.0 cm³/mol. The second kappa shape index (κ2) is 5.52. The molecule has 0 aliphatic rings. The van der Waals surface area contributed by atoms with Gasteiger partial charge in [0.25, 0.3) is 5.91 Å². The van der Waals surface area contributed by atoms with Crippen LogP contribution in [-0.2, 0) is 0 Å². The number of amides is 1. The maximum absolute atomic E-state index is 12.0. The molecule has 3 heteroatoms. The minimum absolute atomic E-state index is 0.0710. The molecule has 0 atom stereocenters. The van der Waals surface area contributed by atoms with E-state index < -0.39 is 0 Å². The number of halogens is 1. The molecule has 0 spiro atoms. The molecule has 2 nitrogen and oxygen atoms in total. The Morgan fingerprint density at radius 1 is 1.11 bits per heavy atom. The molecule has 0 aliphatic heterocycles. The normalized spacial score (nSPS) is 10.2. The zero-order valence-corrected chi connectivity index (χ0v) is 12.5. The van der Waals surface area contributed by atoms with Gasteiger partial charge in [0.1, 0.15) is 0 Å². The molecule has 2 aromatic carbocycles. The van der Waals surface area contributed by atoms with E-state index >= 15 is 0 Å². The standard InChI is InChI=1S/C15H14INO/c1-10-4-3-5-12(8-10)15(18)17-13-7-6-11(2)14(16)9-13/h3-9H,1-2H3,(H,17,18). The first-order valence-corrected chi connectivity index (χ1v) is 6.78. The quantitative estimate of drug-likeness (QED) is 0.809. The van der Waals surface area contributed by atoms with Gasteiger partial charge >= 0.3 is 0 Å². The van der Waals surface area contributed by atoms with Crippen molar-refractivity contribution in [3.05, 3.63) is 62.7 Å². The summed E-state index contributed by atoms with van der Waals surface area (Å²) in [5.41, 5.74) is 3.81. The molecule has 0 aliphatic carbocycles. The van der Waals surface area contributed by atoms with Crippen molar-refractivity contribution in [2.45, 2.75) is 13.8 Å². The second-order valence-corrected chi connectivity index (χ2v) is 5.45. The van der Waals surface area contributed by atoms with E-state index in [0.29, 0.717) is 5.56 Å².